The van der Waals surface area contributed by atoms with Crippen LogP contribution in [0.5, 0.6) is 5.75 Å². The lowest BCUT2D eigenvalue weighted by atomic mass is 10.1. The summed E-state index contributed by atoms with van der Waals surface area (Å²) in [4.78, 5) is 24.7. The number of nitro benzene ring substituents is 1. The fourth-order valence-corrected chi connectivity index (χ4v) is 4.26. The molecule has 2 heterocycles. The zero-order valence-corrected chi connectivity index (χ0v) is 22.0. The minimum atomic E-state index is -0.578. The Labute approximate surface area is 231 Å². The molecule has 0 aliphatic rings. The van der Waals surface area contributed by atoms with Gasteiger partial charge in [-0.05, 0) is 67.2 Å². The van der Waals surface area contributed by atoms with Crippen LogP contribution >= 0.6 is 23.8 Å². The van der Waals surface area contributed by atoms with Gasteiger partial charge in [-0.1, -0.05) is 23.7 Å². The molecule has 11 nitrogen and oxygen atoms in total. The number of nitro groups is 1. The molecule has 0 aliphatic carbocycles. The van der Waals surface area contributed by atoms with Gasteiger partial charge in [0.25, 0.3) is 11.6 Å². The number of methoxy groups -OCH3 is 1. The Morgan fingerprint density at radius 2 is 1.87 bits per heavy atom. The molecule has 0 atom stereocenters. The number of hydrogen-bond donors (Lipinski definition) is 2. The summed E-state index contributed by atoms with van der Waals surface area (Å²) in [6.07, 6.45) is 0. The van der Waals surface area contributed by atoms with E-state index in [4.69, 9.17) is 33.0 Å². The summed E-state index contributed by atoms with van der Waals surface area (Å²) in [7, 11) is 1.54. The molecule has 0 bridgehead atoms. The number of fused-ring (bicyclic) bond motifs is 1. The first-order valence-corrected chi connectivity index (χ1v) is 12.2. The first kappa shape index (κ1) is 25.8. The second-order valence-electron chi connectivity index (χ2n) is 8.34. The molecule has 5 aromatic rings. The van der Waals surface area contributed by atoms with Gasteiger partial charge in [0.15, 0.2) is 10.9 Å². The minimum absolute atomic E-state index is 0.00562. The summed E-state index contributed by atoms with van der Waals surface area (Å²) >= 11 is 11.6. The molecule has 0 saturated carbocycles. The summed E-state index contributed by atoms with van der Waals surface area (Å²) in [5, 5.41) is 26.1. The van der Waals surface area contributed by atoms with Crippen LogP contribution in [0.25, 0.3) is 28.0 Å². The van der Waals surface area contributed by atoms with Crippen LogP contribution in [0.15, 0.2) is 71.1 Å². The molecule has 2 N–H and O–H groups in total. The number of rotatable bonds is 6. The molecular weight excluding hydrogens is 544 g/mol. The zero-order chi connectivity index (χ0) is 27.7. The maximum atomic E-state index is 12.7. The number of halogens is 1. The largest absolute Gasteiger partial charge is 0.495 e. The van der Waals surface area contributed by atoms with E-state index in [-0.39, 0.29) is 16.6 Å². The predicted octanol–water partition coefficient (Wildman–Crippen LogP) is 5.69. The van der Waals surface area contributed by atoms with Crippen LogP contribution in [0.3, 0.4) is 0 Å². The van der Waals surface area contributed by atoms with E-state index in [0.29, 0.717) is 44.5 Å². The van der Waals surface area contributed by atoms with E-state index in [1.54, 1.807) is 42.5 Å². The molecule has 1 amide bonds. The SMILES string of the molecule is COc1ccc(-n2nc3cc(C)c(NC(=S)NC(=O)c4ccc(-c5cccc([N+](=O)[O-])c5)o4)cc3n2)cc1Cl. The molecule has 2 aromatic heterocycles. The number of furan rings is 1. The van der Waals surface area contributed by atoms with Gasteiger partial charge in [-0.2, -0.15) is 4.80 Å². The van der Waals surface area contributed by atoms with Gasteiger partial charge in [0.2, 0.25) is 0 Å². The van der Waals surface area contributed by atoms with Crippen molar-refractivity contribution in [2.75, 3.05) is 12.4 Å². The Morgan fingerprint density at radius 1 is 1.10 bits per heavy atom. The first-order chi connectivity index (χ1) is 18.7. The molecule has 39 heavy (non-hydrogen) atoms. The van der Waals surface area contributed by atoms with Crippen LogP contribution in [0.4, 0.5) is 11.4 Å². The Bertz CT molecular complexity index is 1770. The first-order valence-electron chi connectivity index (χ1n) is 11.4. The second kappa shape index (κ2) is 10.5. The lowest BCUT2D eigenvalue weighted by molar-refractivity contribution is -0.384. The number of ether oxygens (including phenoxy) is 1. The third-order valence-corrected chi connectivity index (χ3v) is 6.24. The Kier molecular flexibility index (Phi) is 6.96. The maximum Gasteiger partial charge on any atom is 0.293 e. The van der Waals surface area contributed by atoms with Gasteiger partial charge in [-0.25, -0.2) is 0 Å². The lowest BCUT2D eigenvalue weighted by Crippen LogP contribution is -2.34. The monoisotopic (exact) mass is 562 g/mol. The standard InChI is InChI=1S/C26H19ClN6O5S/c1-14-10-20-21(31-32(30-20)16-6-7-23(37-2)18(27)12-16)13-19(14)28-26(39)29-25(34)24-9-8-22(38-24)15-4-3-5-17(11-15)33(35)36/h3-13H,1-2H3,(H2,28,29,34,39). The number of carbonyl (C=O) groups is 1. The summed E-state index contributed by atoms with van der Waals surface area (Å²) in [6, 6.07) is 17.8. The number of hydrogen-bond acceptors (Lipinski definition) is 8. The quantitative estimate of drug-likeness (QED) is 0.152. The number of aryl methyl sites for hydroxylation is 1. The number of amides is 1. The van der Waals surface area contributed by atoms with Gasteiger partial charge >= 0.3 is 0 Å². The smallest absolute Gasteiger partial charge is 0.293 e. The van der Waals surface area contributed by atoms with E-state index in [9.17, 15) is 14.9 Å². The third-order valence-electron chi connectivity index (χ3n) is 5.74. The molecule has 3 aromatic carbocycles. The fraction of sp³-hybridized carbons (Fsp3) is 0.0769. The van der Waals surface area contributed by atoms with E-state index in [1.165, 1.54) is 30.1 Å². The Balaban J connectivity index is 1.29. The average Bonchev–Trinajstić information content (AvgIpc) is 3.56. The van der Waals surface area contributed by atoms with E-state index in [1.807, 2.05) is 13.0 Å². The summed E-state index contributed by atoms with van der Waals surface area (Å²) in [5.41, 5.74) is 3.75. The van der Waals surface area contributed by atoms with Gasteiger partial charge < -0.3 is 14.5 Å². The van der Waals surface area contributed by atoms with Crippen LogP contribution in [0.1, 0.15) is 16.1 Å². The van der Waals surface area contributed by atoms with Crippen molar-refractivity contribution in [1.29, 1.82) is 0 Å². The van der Waals surface area contributed by atoms with Crippen LogP contribution in [-0.4, -0.2) is 38.0 Å². The van der Waals surface area contributed by atoms with Gasteiger partial charge in [-0.3, -0.25) is 20.2 Å². The van der Waals surface area contributed by atoms with Crippen LogP contribution < -0.4 is 15.4 Å². The summed E-state index contributed by atoms with van der Waals surface area (Å²) in [6.45, 7) is 1.87. The summed E-state index contributed by atoms with van der Waals surface area (Å²) < 4.78 is 10.8. The topological polar surface area (TPSA) is 137 Å². The molecular formula is C26H19ClN6O5S. The highest BCUT2D eigenvalue weighted by molar-refractivity contribution is 7.80. The van der Waals surface area contributed by atoms with Gasteiger partial charge in [-0.15, -0.1) is 10.2 Å². The average molecular weight is 563 g/mol. The molecule has 13 heteroatoms. The number of non-ortho nitro benzene ring substituents is 1. The highest BCUT2D eigenvalue weighted by atomic mass is 35.5. The van der Waals surface area contributed by atoms with E-state index in [0.717, 1.165) is 5.56 Å². The normalized spacial score (nSPS) is 10.8. The van der Waals surface area contributed by atoms with Crippen LogP contribution in [-0.2, 0) is 0 Å². The number of nitrogens with zero attached hydrogens (tertiary/aromatic N) is 4. The summed E-state index contributed by atoms with van der Waals surface area (Å²) in [5.74, 6) is 0.272. The van der Waals surface area contributed by atoms with Crippen molar-refractivity contribution in [3.05, 3.63) is 93.2 Å². The fourth-order valence-electron chi connectivity index (χ4n) is 3.80. The lowest BCUT2D eigenvalue weighted by Gasteiger charge is -2.10. The van der Waals surface area contributed by atoms with Crippen molar-refractivity contribution in [2.45, 2.75) is 6.92 Å². The third kappa shape index (κ3) is 5.42. The molecule has 0 spiro atoms. The Hall–Kier alpha value is -4.81. The van der Waals surface area contributed by atoms with Crippen molar-refractivity contribution < 1.29 is 18.9 Å². The van der Waals surface area contributed by atoms with Crippen molar-refractivity contribution in [3.63, 3.8) is 0 Å². The van der Waals surface area contributed by atoms with E-state index < -0.39 is 10.8 Å². The van der Waals surface area contributed by atoms with Crippen molar-refractivity contribution in [3.8, 4) is 22.8 Å². The number of nitrogens with one attached hydrogen (secondary N) is 2. The Morgan fingerprint density at radius 3 is 2.59 bits per heavy atom. The molecule has 0 unspecified atom stereocenters. The number of aromatic nitrogens is 3. The zero-order valence-electron chi connectivity index (χ0n) is 20.5. The highest BCUT2D eigenvalue weighted by Gasteiger charge is 2.17. The maximum absolute atomic E-state index is 12.7. The van der Waals surface area contributed by atoms with Crippen molar-refractivity contribution in [1.82, 2.24) is 20.3 Å². The van der Waals surface area contributed by atoms with Crippen molar-refractivity contribution in [2.24, 2.45) is 0 Å². The van der Waals surface area contributed by atoms with E-state index in [2.05, 4.69) is 20.8 Å². The molecule has 0 fully saturated rings. The van der Waals surface area contributed by atoms with Crippen LogP contribution in [0, 0.1) is 17.0 Å². The van der Waals surface area contributed by atoms with Gasteiger partial charge in [0.1, 0.15) is 22.5 Å². The minimum Gasteiger partial charge on any atom is -0.495 e. The van der Waals surface area contributed by atoms with Gasteiger partial charge in [0, 0.05) is 23.4 Å². The van der Waals surface area contributed by atoms with Crippen LogP contribution in [0.2, 0.25) is 5.02 Å². The molecule has 5 rings (SSSR count). The predicted molar refractivity (Wildman–Crippen MR) is 150 cm³/mol. The van der Waals surface area contributed by atoms with Gasteiger partial charge in [0.05, 0.1) is 22.7 Å². The molecule has 0 saturated heterocycles. The number of benzene rings is 3. The number of carbonyl (C=O) groups excluding carboxylic acids is 1. The number of thiocarbonyl (C=S) groups is 1. The molecule has 196 valence electrons. The van der Waals surface area contributed by atoms with E-state index >= 15 is 0 Å². The number of anilines is 1. The van der Waals surface area contributed by atoms with Crippen molar-refractivity contribution >= 4 is 57.2 Å². The molecule has 0 aliphatic heterocycles. The highest BCUT2D eigenvalue weighted by Crippen LogP contribution is 2.28. The second-order valence-corrected chi connectivity index (χ2v) is 9.16. The molecule has 0 radical (unpaired) electrons.